The highest BCUT2D eigenvalue weighted by Gasteiger charge is 2.39. The van der Waals surface area contributed by atoms with Crippen molar-refractivity contribution in [2.45, 2.75) is 50.2 Å². The van der Waals surface area contributed by atoms with Crippen LogP contribution in [0.4, 0.5) is 5.69 Å². The number of halogens is 2. The minimum Gasteiger partial charge on any atom is -0.497 e. The summed E-state index contributed by atoms with van der Waals surface area (Å²) in [5, 5.41) is 7.04. The van der Waals surface area contributed by atoms with Gasteiger partial charge in [0.25, 0.3) is 5.91 Å². The molecule has 0 aromatic heterocycles. The van der Waals surface area contributed by atoms with Crippen LogP contribution in [-0.2, 0) is 4.79 Å². The molecule has 0 spiro atoms. The van der Waals surface area contributed by atoms with Crippen molar-refractivity contribution in [3.63, 3.8) is 0 Å². The average molecular weight is 476 g/mol. The Kier molecular flexibility index (Phi) is 7.23. The molecule has 2 heterocycles. The zero-order valence-corrected chi connectivity index (χ0v) is 19.5. The van der Waals surface area contributed by atoms with Crippen molar-refractivity contribution in [3.8, 4) is 5.75 Å². The van der Waals surface area contributed by atoms with Gasteiger partial charge in [-0.05, 0) is 68.1 Å². The van der Waals surface area contributed by atoms with Gasteiger partial charge in [0.2, 0.25) is 5.91 Å². The van der Waals surface area contributed by atoms with Crippen LogP contribution in [0.2, 0.25) is 10.0 Å². The highest BCUT2D eigenvalue weighted by atomic mass is 35.5. The van der Waals surface area contributed by atoms with Crippen LogP contribution in [0.5, 0.6) is 5.75 Å². The molecule has 2 aliphatic rings. The van der Waals surface area contributed by atoms with Gasteiger partial charge in [-0.25, -0.2) is 0 Å². The fraction of sp³-hybridized carbons (Fsp3) is 0.417. The first-order chi connectivity index (χ1) is 15.4. The van der Waals surface area contributed by atoms with E-state index >= 15 is 0 Å². The average Bonchev–Trinajstić information content (AvgIpc) is 2.76. The lowest BCUT2D eigenvalue weighted by Crippen LogP contribution is -2.58. The van der Waals surface area contributed by atoms with Crippen LogP contribution in [0.15, 0.2) is 42.5 Å². The first-order valence-corrected chi connectivity index (χ1v) is 11.6. The molecule has 0 radical (unpaired) electrons. The van der Waals surface area contributed by atoms with Gasteiger partial charge in [0.15, 0.2) is 0 Å². The van der Waals surface area contributed by atoms with Crippen LogP contribution < -0.4 is 15.4 Å². The van der Waals surface area contributed by atoms with Gasteiger partial charge in [0.05, 0.1) is 24.4 Å². The molecule has 2 aromatic carbocycles. The predicted molar refractivity (Wildman–Crippen MR) is 127 cm³/mol. The molecule has 0 aliphatic carbocycles. The molecule has 8 heteroatoms. The Hall–Kier alpha value is -2.28. The minimum atomic E-state index is -0.0909. The lowest BCUT2D eigenvalue weighted by molar-refractivity contribution is -0.120. The van der Waals surface area contributed by atoms with Gasteiger partial charge in [-0.2, -0.15) is 0 Å². The third-order valence-corrected chi connectivity index (χ3v) is 6.89. The quantitative estimate of drug-likeness (QED) is 0.631. The molecule has 2 atom stereocenters. The molecule has 2 unspecified atom stereocenters. The molecule has 170 valence electrons. The molecule has 32 heavy (non-hydrogen) atoms. The number of piperidine rings is 2. The van der Waals surface area contributed by atoms with E-state index in [1.165, 1.54) is 0 Å². The number of fused-ring (bicyclic) bond motifs is 2. The van der Waals surface area contributed by atoms with E-state index in [0.29, 0.717) is 27.8 Å². The van der Waals surface area contributed by atoms with Crippen LogP contribution in [0.3, 0.4) is 0 Å². The number of rotatable bonds is 6. The van der Waals surface area contributed by atoms with Gasteiger partial charge >= 0.3 is 0 Å². The number of hydrogen-bond donors (Lipinski definition) is 2. The molecule has 2 N–H and O–H groups in total. The van der Waals surface area contributed by atoms with Crippen LogP contribution in [0, 0.1) is 0 Å². The highest BCUT2D eigenvalue weighted by Crippen LogP contribution is 2.34. The number of nitrogens with zero attached hydrogens (tertiary/aromatic N) is 1. The number of methoxy groups -OCH3 is 1. The van der Waals surface area contributed by atoms with E-state index in [4.69, 9.17) is 27.9 Å². The molecule has 2 saturated heterocycles. The molecule has 2 aromatic rings. The fourth-order valence-corrected chi connectivity index (χ4v) is 5.27. The molecular weight excluding hydrogens is 449 g/mol. The number of anilines is 1. The predicted octanol–water partition coefficient (Wildman–Crippen LogP) is 4.76. The summed E-state index contributed by atoms with van der Waals surface area (Å²) in [5.74, 6) is 0.564. The largest absolute Gasteiger partial charge is 0.497 e. The van der Waals surface area contributed by atoms with Crippen LogP contribution >= 0.6 is 23.2 Å². The van der Waals surface area contributed by atoms with Gasteiger partial charge in [-0.3, -0.25) is 14.5 Å². The molecule has 4 rings (SSSR count). The SMILES string of the molecule is COc1ccc(C(=O)NC2CC3CCCC(C2)N3CC(=O)Nc2ccc(Cl)cc2Cl)cc1. The monoisotopic (exact) mass is 475 g/mol. The first kappa shape index (κ1) is 22.9. The van der Waals surface area contributed by atoms with Crippen molar-refractivity contribution in [1.82, 2.24) is 10.2 Å². The van der Waals surface area contributed by atoms with Crippen LogP contribution in [-0.4, -0.2) is 48.5 Å². The standard InChI is InChI=1S/C24H27Cl2N3O3/c1-32-20-8-5-15(6-9-20)24(31)27-17-12-18-3-2-4-19(13-17)29(18)14-23(30)28-22-10-7-16(25)11-21(22)26/h5-11,17-19H,2-4,12-14H2,1H3,(H,27,31)(H,28,30). The summed E-state index contributed by atoms with van der Waals surface area (Å²) in [7, 11) is 1.60. The Morgan fingerprint density at radius 2 is 1.75 bits per heavy atom. The Morgan fingerprint density at radius 1 is 1.06 bits per heavy atom. The molecule has 2 aliphatic heterocycles. The van der Waals surface area contributed by atoms with Crippen molar-refractivity contribution in [3.05, 3.63) is 58.1 Å². The summed E-state index contributed by atoms with van der Waals surface area (Å²) in [5.41, 5.74) is 1.19. The third-order valence-electron chi connectivity index (χ3n) is 6.34. The Morgan fingerprint density at radius 3 is 2.38 bits per heavy atom. The van der Waals surface area contributed by atoms with Gasteiger partial charge in [0, 0.05) is 28.7 Å². The maximum Gasteiger partial charge on any atom is 0.251 e. The van der Waals surface area contributed by atoms with Gasteiger partial charge in [-0.15, -0.1) is 0 Å². The highest BCUT2D eigenvalue weighted by molar-refractivity contribution is 6.36. The van der Waals surface area contributed by atoms with Crippen molar-refractivity contribution in [1.29, 1.82) is 0 Å². The second kappa shape index (κ2) is 10.1. The number of carbonyl (C=O) groups is 2. The molecule has 2 amide bonds. The molecule has 0 saturated carbocycles. The number of hydrogen-bond acceptors (Lipinski definition) is 4. The normalized spacial score (nSPS) is 22.8. The molecule has 6 nitrogen and oxygen atoms in total. The third kappa shape index (κ3) is 5.37. The summed E-state index contributed by atoms with van der Waals surface area (Å²) >= 11 is 12.1. The Bertz CT molecular complexity index is 969. The Balaban J connectivity index is 1.35. The van der Waals surface area contributed by atoms with E-state index in [-0.39, 0.29) is 29.9 Å². The Labute approximate surface area is 198 Å². The number of ether oxygens (including phenoxy) is 1. The second-order valence-electron chi connectivity index (χ2n) is 8.45. The van der Waals surface area contributed by atoms with E-state index in [0.717, 1.165) is 37.9 Å². The van der Waals surface area contributed by atoms with E-state index in [1.807, 2.05) is 0 Å². The number of benzene rings is 2. The summed E-state index contributed by atoms with van der Waals surface area (Å²) in [4.78, 5) is 27.7. The van der Waals surface area contributed by atoms with E-state index < -0.39 is 0 Å². The summed E-state index contributed by atoms with van der Waals surface area (Å²) < 4.78 is 5.16. The number of carbonyl (C=O) groups excluding carboxylic acids is 2. The number of nitrogens with one attached hydrogen (secondary N) is 2. The van der Waals surface area contributed by atoms with Crippen molar-refractivity contribution >= 4 is 40.7 Å². The zero-order valence-electron chi connectivity index (χ0n) is 17.9. The minimum absolute atomic E-state index is 0.0701. The second-order valence-corrected chi connectivity index (χ2v) is 9.30. The lowest BCUT2D eigenvalue weighted by Gasteiger charge is -2.48. The van der Waals surface area contributed by atoms with Gasteiger partial charge in [0.1, 0.15) is 5.75 Å². The van der Waals surface area contributed by atoms with Crippen molar-refractivity contribution < 1.29 is 14.3 Å². The van der Waals surface area contributed by atoms with Crippen molar-refractivity contribution in [2.24, 2.45) is 0 Å². The maximum absolute atomic E-state index is 12.7. The van der Waals surface area contributed by atoms with E-state index in [2.05, 4.69) is 15.5 Å². The smallest absolute Gasteiger partial charge is 0.251 e. The van der Waals surface area contributed by atoms with Crippen molar-refractivity contribution in [2.75, 3.05) is 19.0 Å². The molecule has 2 bridgehead atoms. The van der Waals surface area contributed by atoms with Gasteiger partial charge in [-0.1, -0.05) is 29.6 Å². The maximum atomic E-state index is 12.7. The summed E-state index contributed by atoms with van der Waals surface area (Å²) in [6, 6.07) is 12.8. The zero-order chi connectivity index (χ0) is 22.7. The van der Waals surface area contributed by atoms with E-state index in [9.17, 15) is 9.59 Å². The first-order valence-electron chi connectivity index (χ1n) is 10.9. The summed E-state index contributed by atoms with van der Waals surface area (Å²) in [6.45, 7) is 0.313. The van der Waals surface area contributed by atoms with Crippen LogP contribution in [0.25, 0.3) is 0 Å². The fourth-order valence-electron chi connectivity index (χ4n) is 4.81. The molecule has 2 fully saturated rings. The number of amides is 2. The lowest BCUT2D eigenvalue weighted by atomic mass is 9.81. The van der Waals surface area contributed by atoms with Crippen LogP contribution in [0.1, 0.15) is 42.5 Å². The topological polar surface area (TPSA) is 70.7 Å². The molecular formula is C24H27Cl2N3O3. The van der Waals surface area contributed by atoms with Gasteiger partial charge < -0.3 is 15.4 Å². The summed E-state index contributed by atoms with van der Waals surface area (Å²) in [6.07, 6.45) is 4.89. The van der Waals surface area contributed by atoms with E-state index in [1.54, 1.807) is 49.6 Å².